The van der Waals surface area contributed by atoms with E-state index in [1.165, 1.54) is 0 Å². The highest BCUT2D eigenvalue weighted by Crippen LogP contribution is 2.48. The van der Waals surface area contributed by atoms with Crippen molar-refractivity contribution in [1.29, 1.82) is 0 Å². The van der Waals surface area contributed by atoms with Gasteiger partial charge < -0.3 is 15.7 Å². The molecule has 0 spiro atoms. The standard InChI is InChI=1S/C15H19ClN2O3/c16-12-4-1-3-11(9-12)15(6-7-15)10-18-14(21)17-8-2-5-13(19)20/h1,3-4,9H,2,5-8,10H2,(H,19,20)(H2,17,18,21). The third-order valence-electron chi connectivity index (χ3n) is 3.73. The molecule has 1 saturated carbocycles. The molecule has 2 rings (SSSR count). The second-order valence-corrected chi connectivity index (χ2v) is 5.83. The highest BCUT2D eigenvalue weighted by Gasteiger charge is 2.44. The van der Waals surface area contributed by atoms with Gasteiger partial charge >= 0.3 is 12.0 Å². The number of carboxylic acid groups (broad SMARTS) is 1. The molecule has 0 atom stereocenters. The van der Waals surface area contributed by atoms with Crippen LogP contribution in [0.15, 0.2) is 24.3 Å². The van der Waals surface area contributed by atoms with Gasteiger partial charge in [-0.25, -0.2) is 4.79 Å². The lowest BCUT2D eigenvalue weighted by molar-refractivity contribution is -0.137. The SMILES string of the molecule is O=C(O)CCCNC(=O)NCC1(c2cccc(Cl)c2)CC1. The van der Waals surface area contributed by atoms with E-state index >= 15 is 0 Å². The van der Waals surface area contributed by atoms with Crippen molar-refractivity contribution in [2.24, 2.45) is 0 Å². The molecule has 0 heterocycles. The minimum Gasteiger partial charge on any atom is -0.481 e. The van der Waals surface area contributed by atoms with Crippen LogP contribution in [-0.2, 0) is 10.2 Å². The van der Waals surface area contributed by atoms with Crippen molar-refractivity contribution in [2.75, 3.05) is 13.1 Å². The Hall–Kier alpha value is -1.75. The zero-order chi connectivity index (χ0) is 15.3. The smallest absolute Gasteiger partial charge is 0.314 e. The summed E-state index contributed by atoms with van der Waals surface area (Å²) in [5, 5.41) is 14.7. The maximum Gasteiger partial charge on any atom is 0.314 e. The van der Waals surface area contributed by atoms with Crippen molar-refractivity contribution in [3.8, 4) is 0 Å². The number of halogens is 1. The molecule has 1 aliphatic carbocycles. The van der Waals surface area contributed by atoms with E-state index in [9.17, 15) is 9.59 Å². The first-order chi connectivity index (χ1) is 10.0. The van der Waals surface area contributed by atoms with Gasteiger partial charge in [-0.15, -0.1) is 0 Å². The number of carboxylic acids is 1. The topological polar surface area (TPSA) is 78.4 Å². The van der Waals surface area contributed by atoms with Gasteiger partial charge in [0.2, 0.25) is 0 Å². The zero-order valence-corrected chi connectivity index (χ0v) is 12.4. The Balaban J connectivity index is 1.75. The third kappa shape index (κ3) is 4.63. The molecule has 0 unspecified atom stereocenters. The van der Waals surface area contributed by atoms with Crippen molar-refractivity contribution < 1.29 is 14.7 Å². The maximum atomic E-state index is 11.7. The van der Waals surface area contributed by atoms with E-state index < -0.39 is 5.97 Å². The molecule has 1 aliphatic rings. The van der Waals surface area contributed by atoms with Gasteiger partial charge in [-0.3, -0.25) is 4.79 Å². The Morgan fingerprint density at radius 2 is 2.05 bits per heavy atom. The van der Waals surface area contributed by atoms with Gasteiger partial charge in [0.05, 0.1) is 0 Å². The summed E-state index contributed by atoms with van der Waals surface area (Å²) in [5.41, 5.74) is 1.16. The number of rotatable bonds is 7. The average Bonchev–Trinajstić information content (AvgIpc) is 3.22. The molecule has 0 bridgehead atoms. The second kappa shape index (κ2) is 6.80. The van der Waals surface area contributed by atoms with Gasteiger partial charge in [0, 0.05) is 29.9 Å². The summed E-state index contributed by atoms with van der Waals surface area (Å²) in [5.74, 6) is -0.852. The number of hydrogen-bond donors (Lipinski definition) is 3. The normalized spacial score (nSPS) is 15.3. The quantitative estimate of drug-likeness (QED) is 0.677. The van der Waals surface area contributed by atoms with Gasteiger partial charge in [-0.2, -0.15) is 0 Å². The van der Waals surface area contributed by atoms with Crippen LogP contribution >= 0.6 is 11.6 Å². The number of nitrogens with one attached hydrogen (secondary N) is 2. The largest absolute Gasteiger partial charge is 0.481 e. The van der Waals surface area contributed by atoms with Crippen molar-refractivity contribution in [3.05, 3.63) is 34.9 Å². The van der Waals surface area contributed by atoms with Crippen LogP contribution in [0.5, 0.6) is 0 Å². The molecule has 1 fully saturated rings. The highest BCUT2D eigenvalue weighted by atomic mass is 35.5. The molecule has 0 radical (unpaired) electrons. The van der Waals surface area contributed by atoms with E-state index in [1.54, 1.807) is 0 Å². The highest BCUT2D eigenvalue weighted by molar-refractivity contribution is 6.30. The fourth-order valence-electron chi connectivity index (χ4n) is 2.29. The number of hydrogen-bond acceptors (Lipinski definition) is 2. The van der Waals surface area contributed by atoms with E-state index in [0.717, 1.165) is 18.4 Å². The van der Waals surface area contributed by atoms with Crippen LogP contribution in [0.1, 0.15) is 31.2 Å². The van der Waals surface area contributed by atoms with Crippen molar-refractivity contribution in [3.63, 3.8) is 0 Å². The van der Waals surface area contributed by atoms with Gasteiger partial charge in [-0.1, -0.05) is 23.7 Å². The Morgan fingerprint density at radius 3 is 2.67 bits per heavy atom. The lowest BCUT2D eigenvalue weighted by Gasteiger charge is -2.17. The van der Waals surface area contributed by atoms with Gasteiger partial charge in [0.25, 0.3) is 0 Å². The number of benzene rings is 1. The average molecular weight is 311 g/mol. The van der Waals surface area contributed by atoms with Crippen molar-refractivity contribution in [2.45, 2.75) is 31.1 Å². The minimum absolute atomic E-state index is 0.00328. The summed E-state index contributed by atoms with van der Waals surface area (Å²) in [6.07, 6.45) is 2.56. The molecule has 5 nitrogen and oxygen atoms in total. The van der Waals surface area contributed by atoms with E-state index in [0.29, 0.717) is 24.5 Å². The Labute approximate surface area is 128 Å². The number of carbonyl (C=O) groups is 2. The Bertz CT molecular complexity index is 529. The van der Waals surface area contributed by atoms with E-state index in [-0.39, 0.29) is 17.9 Å². The maximum absolute atomic E-state index is 11.7. The van der Waals surface area contributed by atoms with E-state index in [1.807, 2.05) is 24.3 Å². The lowest BCUT2D eigenvalue weighted by Crippen LogP contribution is -2.40. The molecular formula is C15H19ClN2O3. The molecule has 0 aromatic heterocycles. The predicted octanol–water partition coefficient (Wildman–Crippen LogP) is 2.54. The van der Waals surface area contributed by atoms with Crippen LogP contribution in [0.4, 0.5) is 4.79 Å². The van der Waals surface area contributed by atoms with E-state index in [2.05, 4.69) is 10.6 Å². The van der Waals surface area contributed by atoms with Gasteiger partial charge in [0.15, 0.2) is 0 Å². The van der Waals surface area contributed by atoms with Crippen LogP contribution in [0.2, 0.25) is 5.02 Å². The summed E-state index contributed by atoms with van der Waals surface area (Å²) in [6.45, 7) is 0.931. The molecule has 2 amide bonds. The third-order valence-corrected chi connectivity index (χ3v) is 3.97. The summed E-state index contributed by atoms with van der Waals surface area (Å²) in [4.78, 5) is 22.0. The van der Waals surface area contributed by atoms with Crippen LogP contribution in [0.25, 0.3) is 0 Å². The summed E-state index contributed by atoms with van der Waals surface area (Å²) in [7, 11) is 0. The lowest BCUT2D eigenvalue weighted by atomic mass is 9.96. The molecule has 3 N–H and O–H groups in total. The molecule has 0 saturated heterocycles. The van der Waals surface area contributed by atoms with E-state index in [4.69, 9.17) is 16.7 Å². The fourth-order valence-corrected chi connectivity index (χ4v) is 2.48. The second-order valence-electron chi connectivity index (χ2n) is 5.40. The first-order valence-electron chi connectivity index (χ1n) is 7.01. The molecule has 114 valence electrons. The first kappa shape index (κ1) is 15.6. The van der Waals surface area contributed by atoms with Gasteiger partial charge in [-0.05, 0) is 37.0 Å². The van der Waals surface area contributed by atoms with Crippen LogP contribution in [-0.4, -0.2) is 30.2 Å². The number of carbonyl (C=O) groups excluding carboxylic acids is 1. The number of aliphatic carboxylic acids is 1. The van der Waals surface area contributed by atoms with Gasteiger partial charge in [0.1, 0.15) is 0 Å². The van der Waals surface area contributed by atoms with Crippen molar-refractivity contribution in [1.82, 2.24) is 10.6 Å². The molecule has 1 aromatic rings. The number of amides is 2. The molecule has 1 aromatic carbocycles. The summed E-state index contributed by atoms with van der Waals surface area (Å²) in [6, 6.07) is 7.48. The predicted molar refractivity (Wildman–Crippen MR) is 80.6 cm³/mol. The number of urea groups is 1. The monoisotopic (exact) mass is 310 g/mol. The van der Waals surface area contributed by atoms with Crippen molar-refractivity contribution >= 4 is 23.6 Å². The Morgan fingerprint density at radius 1 is 1.29 bits per heavy atom. The molecule has 6 heteroatoms. The fraction of sp³-hybridized carbons (Fsp3) is 0.467. The molecular weight excluding hydrogens is 292 g/mol. The first-order valence-corrected chi connectivity index (χ1v) is 7.39. The minimum atomic E-state index is -0.852. The molecule has 0 aliphatic heterocycles. The van der Waals surface area contributed by atoms with Crippen LogP contribution < -0.4 is 10.6 Å². The summed E-state index contributed by atoms with van der Waals surface area (Å²) < 4.78 is 0. The van der Waals surface area contributed by atoms with Crippen LogP contribution in [0.3, 0.4) is 0 Å². The van der Waals surface area contributed by atoms with Crippen LogP contribution in [0, 0.1) is 0 Å². The molecule has 21 heavy (non-hydrogen) atoms. The summed E-state index contributed by atoms with van der Waals surface area (Å²) >= 11 is 6.00. The zero-order valence-electron chi connectivity index (χ0n) is 11.7. The Kier molecular flexibility index (Phi) is 5.07.